The molecule has 0 aromatic rings. The van der Waals surface area contributed by atoms with Gasteiger partial charge in [0, 0.05) is 0 Å². The van der Waals surface area contributed by atoms with Crippen molar-refractivity contribution in [2.45, 2.75) is 93.9 Å². The molecule has 0 amide bonds. The van der Waals surface area contributed by atoms with Crippen molar-refractivity contribution in [2.75, 3.05) is 0 Å². The molecular weight excluding hydrogens is 288 g/mol. The second kappa shape index (κ2) is 8.24. The van der Waals surface area contributed by atoms with Gasteiger partial charge >= 0.3 is 0 Å². The van der Waals surface area contributed by atoms with E-state index in [1.165, 1.54) is 44.9 Å². The minimum absolute atomic E-state index is 0. The molecule has 24 heavy (non-hydrogen) atoms. The van der Waals surface area contributed by atoms with Crippen LogP contribution in [-0.2, 0) is 0 Å². The number of rotatable bonds is 1. The normalized spacial score (nSPS) is 44.3. The van der Waals surface area contributed by atoms with Crippen LogP contribution >= 0.6 is 0 Å². The van der Waals surface area contributed by atoms with Crippen LogP contribution in [0, 0.1) is 34.5 Å². The molecular formula is C24H44. The van der Waals surface area contributed by atoms with Gasteiger partial charge in [0.2, 0.25) is 0 Å². The Morgan fingerprint density at radius 3 is 2.33 bits per heavy atom. The Balaban J connectivity index is 0.000000925. The van der Waals surface area contributed by atoms with Crippen molar-refractivity contribution in [1.82, 2.24) is 0 Å². The zero-order valence-corrected chi connectivity index (χ0v) is 16.6. The van der Waals surface area contributed by atoms with Crippen LogP contribution in [-0.4, -0.2) is 0 Å². The van der Waals surface area contributed by atoms with E-state index in [4.69, 9.17) is 0 Å². The minimum Gasteiger partial charge on any atom is -0.103 e. The van der Waals surface area contributed by atoms with Gasteiger partial charge in [-0.25, -0.2) is 0 Å². The van der Waals surface area contributed by atoms with E-state index >= 15 is 0 Å². The molecule has 140 valence electrons. The lowest BCUT2D eigenvalue weighted by Crippen LogP contribution is -2.39. The van der Waals surface area contributed by atoms with E-state index in [1.54, 1.807) is 0 Å². The Kier molecular flexibility index (Phi) is 7.39. The van der Waals surface area contributed by atoms with Crippen LogP contribution in [0.25, 0.3) is 0 Å². The average Bonchev–Trinajstić information content (AvgIpc) is 2.86. The SMILES string of the molecule is C.C=CC1CCC2CC3=CC(C)CCC3(C)C(C)CCC12C.CC. The number of hydrogen-bond donors (Lipinski definition) is 0. The van der Waals surface area contributed by atoms with Crippen LogP contribution in [0.4, 0.5) is 0 Å². The van der Waals surface area contributed by atoms with E-state index in [2.05, 4.69) is 46.4 Å². The quantitative estimate of drug-likeness (QED) is 0.426. The summed E-state index contributed by atoms with van der Waals surface area (Å²) in [5, 5.41) is 0. The fourth-order valence-corrected chi connectivity index (χ4v) is 5.74. The van der Waals surface area contributed by atoms with Crippen molar-refractivity contribution in [2.24, 2.45) is 34.5 Å². The van der Waals surface area contributed by atoms with E-state index < -0.39 is 0 Å². The first-order valence-corrected chi connectivity index (χ1v) is 10.2. The van der Waals surface area contributed by atoms with Gasteiger partial charge in [-0.05, 0) is 79.4 Å². The third-order valence-electron chi connectivity index (χ3n) is 7.90. The summed E-state index contributed by atoms with van der Waals surface area (Å²) in [6.07, 6.45) is 14.7. The maximum Gasteiger partial charge on any atom is -0.00904 e. The molecule has 3 aliphatic carbocycles. The molecule has 0 N–H and O–H groups in total. The molecule has 6 unspecified atom stereocenters. The summed E-state index contributed by atoms with van der Waals surface area (Å²) in [7, 11) is 0. The van der Waals surface area contributed by atoms with Gasteiger partial charge in [-0.15, -0.1) is 6.58 Å². The molecule has 0 aliphatic heterocycles. The highest BCUT2D eigenvalue weighted by atomic mass is 14.5. The minimum atomic E-state index is 0. The number of allylic oxidation sites excluding steroid dienone is 3. The lowest BCUT2D eigenvalue weighted by atomic mass is 9.56. The Bertz CT molecular complexity index is 445. The molecule has 0 saturated heterocycles. The van der Waals surface area contributed by atoms with Crippen LogP contribution < -0.4 is 0 Å². The van der Waals surface area contributed by atoms with Crippen LogP contribution in [0.15, 0.2) is 24.3 Å². The molecule has 0 heteroatoms. The van der Waals surface area contributed by atoms with E-state index in [9.17, 15) is 0 Å². The summed E-state index contributed by atoms with van der Waals surface area (Å²) in [5.41, 5.74) is 2.81. The predicted molar refractivity (Wildman–Crippen MR) is 110 cm³/mol. The highest BCUT2D eigenvalue weighted by Gasteiger charge is 2.49. The first-order chi connectivity index (χ1) is 10.9. The summed E-state index contributed by atoms with van der Waals surface area (Å²) >= 11 is 0. The molecule has 6 atom stereocenters. The molecule has 0 nitrogen and oxygen atoms in total. The molecule has 2 fully saturated rings. The van der Waals surface area contributed by atoms with Crippen molar-refractivity contribution in [3.8, 4) is 0 Å². The van der Waals surface area contributed by atoms with Crippen molar-refractivity contribution in [3.63, 3.8) is 0 Å². The summed E-state index contributed by atoms with van der Waals surface area (Å²) in [6.45, 7) is 18.2. The first-order valence-electron chi connectivity index (χ1n) is 10.2. The molecule has 0 radical (unpaired) electrons. The highest BCUT2D eigenvalue weighted by molar-refractivity contribution is 5.22. The van der Waals surface area contributed by atoms with Gasteiger partial charge in [-0.3, -0.25) is 0 Å². The zero-order valence-electron chi connectivity index (χ0n) is 16.6. The lowest BCUT2D eigenvalue weighted by molar-refractivity contribution is 0.0886. The lowest BCUT2D eigenvalue weighted by Gasteiger charge is -2.49. The number of hydrogen-bond acceptors (Lipinski definition) is 0. The van der Waals surface area contributed by atoms with Gasteiger partial charge in [0.1, 0.15) is 0 Å². The van der Waals surface area contributed by atoms with Crippen LogP contribution in [0.5, 0.6) is 0 Å². The van der Waals surface area contributed by atoms with Crippen LogP contribution in [0.3, 0.4) is 0 Å². The second-order valence-electron chi connectivity index (χ2n) is 8.89. The van der Waals surface area contributed by atoms with Gasteiger partial charge in [0.15, 0.2) is 0 Å². The van der Waals surface area contributed by atoms with E-state index in [1.807, 2.05) is 19.4 Å². The summed E-state index contributed by atoms with van der Waals surface area (Å²) in [4.78, 5) is 0. The van der Waals surface area contributed by atoms with Gasteiger partial charge in [0.05, 0.1) is 0 Å². The molecule has 3 rings (SSSR count). The summed E-state index contributed by atoms with van der Waals surface area (Å²) in [6, 6.07) is 0. The summed E-state index contributed by atoms with van der Waals surface area (Å²) in [5.74, 6) is 3.27. The molecule has 0 spiro atoms. The molecule has 0 aromatic heterocycles. The molecule has 0 aromatic carbocycles. The van der Waals surface area contributed by atoms with Crippen molar-refractivity contribution < 1.29 is 0 Å². The van der Waals surface area contributed by atoms with Gasteiger partial charge in [-0.2, -0.15) is 0 Å². The fraction of sp³-hybridized carbons (Fsp3) is 0.833. The van der Waals surface area contributed by atoms with Crippen molar-refractivity contribution in [3.05, 3.63) is 24.3 Å². The Morgan fingerprint density at radius 1 is 1.04 bits per heavy atom. The van der Waals surface area contributed by atoms with E-state index in [0.717, 1.165) is 23.7 Å². The topological polar surface area (TPSA) is 0 Å². The van der Waals surface area contributed by atoms with Crippen molar-refractivity contribution in [1.29, 1.82) is 0 Å². The predicted octanol–water partition coefficient (Wildman–Crippen LogP) is 8.05. The van der Waals surface area contributed by atoms with Crippen LogP contribution in [0.1, 0.15) is 93.9 Å². The van der Waals surface area contributed by atoms with Crippen molar-refractivity contribution >= 4 is 0 Å². The third-order valence-corrected chi connectivity index (χ3v) is 7.90. The van der Waals surface area contributed by atoms with Crippen LogP contribution in [0.2, 0.25) is 0 Å². The van der Waals surface area contributed by atoms with Gasteiger partial charge < -0.3 is 0 Å². The van der Waals surface area contributed by atoms with Gasteiger partial charge in [0.25, 0.3) is 0 Å². The maximum absolute atomic E-state index is 4.14. The number of fused-ring (bicyclic) bond motifs is 2. The van der Waals surface area contributed by atoms with E-state index in [-0.39, 0.29) is 7.43 Å². The molecule has 0 bridgehead atoms. The monoisotopic (exact) mass is 332 g/mol. The smallest absolute Gasteiger partial charge is 0.00904 e. The Morgan fingerprint density at radius 2 is 1.71 bits per heavy atom. The maximum atomic E-state index is 4.14. The largest absolute Gasteiger partial charge is 0.103 e. The molecule has 2 saturated carbocycles. The van der Waals surface area contributed by atoms with Gasteiger partial charge in [-0.1, -0.05) is 66.7 Å². The second-order valence-corrected chi connectivity index (χ2v) is 8.89. The molecule has 3 aliphatic rings. The fourth-order valence-electron chi connectivity index (χ4n) is 5.74. The highest BCUT2D eigenvalue weighted by Crippen LogP contribution is 2.60. The Hall–Kier alpha value is -0.520. The Labute approximate surface area is 153 Å². The standard InChI is InChI=1S/C21H34.C2H6.CH4/c1-6-17-7-8-18-14-19-13-15(2)9-11-20(19,4)16(3)10-12-21(17,18)5;1-2;/h6,13,15-18H,1,7-12,14H2,2-5H3;1-2H3;1H4. The average molecular weight is 333 g/mol. The molecule has 0 heterocycles. The zero-order chi connectivity index (χ0) is 17.3. The summed E-state index contributed by atoms with van der Waals surface area (Å²) < 4.78 is 0. The van der Waals surface area contributed by atoms with E-state index in [0.29, 0.717) is 10.8 Å². The third kappa shape index (κ3) is 3.54. The first kappa shape index (κ1) is 21.5.